The molecule has 6 nitrogen and oxygen atoms in total. The molecule has 4 aromatic rings. The highest BCUT2D eigenvalue weighted by molar-refractivity contribution is 7.15. The zero-order valence-corrected chi connectivity index (χ0v) is 19.7. The van der Waals surface area contributed by atoms with Gasteiger partial charge in [0.25, 0.3) is 11.8 Å². The van der Waals surface area contributed by atoms with E-state index in [-0.39, 0.29) is 17.9 Å². The van der Waals surface area contributed by atoms with Crippen LogP contribution in [0, 0.1) is 6.92 Å². The highest BCUT2D eigenvalue weighted by atomic mass is 35.5. The summed E-state index contributed by atoms with van der Waals surface area (Å²) in [6.07, 6.45) is 3.62. The molecule has 0 radical (unpaired) electrons. The number of fused-ring (bicyclic) bond motifs is 1. The van der Waals surface area contributed by atoms with Gasteiger partial charge < -0.3 is 10.2 Å². The van der Waals surface area contributed by atoms with E-state index in [0.717, 1.165) is 28.9 Å². The van der Waals surface area contributed by atoms with E-state index >= 15 is 0 Å². The lowest BCUT2D eigenvalue weighted by Crippen LogP contribution is -2.43. The predicted molar refractivity (Wildman–Crippen MR) is 131 cm³/mol. The van der Waals surface area contributed by atoms with Gasteiger partial charge in [-0.2, -0.15) is 0 Å². The van der Waals surface area contributed by atoms with Crippen LogP contribution in [0.25, 0.3) is 16.1 Å². The number of aryl methyl sites for hydroxylation is 1. The van der Waals surface area contributed by atoms with Crippen LogP contribution in [0.1, 0.15) is 39.4 Å². The summed E-state index contributed by atoms with van der Waals surface area (Å²) in [5.74, 6) is -0.183. The quantitative estimate of drug-likeness (QED) is 0.436. The second-order valence-electron chi connectivity index (χ2n) is 8.16. The monoisotopic (exact) mass is 478 g/mol. The molecule has 2 aromatic heterocycles. The molecule has 0 saturated carbocycles. The molecule has 0 aliphatic carbocycles. The molecular weight excluding hydrogens is 456 g/mol. The molecule has 1 fully saturated rings. The van der Waals surface area contributed by atoms with Gasteiger partial charge >= 0.3 is 0 Å². The Morgan fingerprint density at radius 2 is 1.97 bits per heavy atom. The standard InChI is InChI=1S/C25H23ClN4O2S/c1-16-22(30-13-14-33-25(30)28-16)23(31)27-15-19-5-4-12-29(19)24(32)21-7-3-2-6-20(21)17-8-10-18(26)11-9-17/h2-3,6-11,13-14,19H,4-5,12,15H2,1H3,(H,27,31)/t19-/m0/s1. The molecule has 2 amide bonds. The highest BCUT2D eigenvalue weighted by Crippen LogP contribution is 2.28. The Bertz CT molecular complexity index is 1330. The van der Waals surface area contributed by atoms with Crippen LogP contribution in [-0.4, -0.2) is 45.2 Å². The van der Waals surface area contributed by atoms with E-state index in [2.05, 4.69) is 10.3 Å². The van der Waals surface area contributed by atoms with Gasteiger partial charge in [0.1, 0.15) is 5.69 Å². The summed E-state index contributed by atoms with van der Waals surface area (Å²) < 4.78 is 1.81. The summed E-state index contributed by atoms with van der Waals surface area (Å²) in [6.45, 7) is 2.92. The Hall–Kier alpha value is -3.16. The molecule has 1 N–H and O–H groups in total. The van der Waals surface area contributed by atoms with E-state index in [1.807, 2.05) is 76.3 Å². The average Bonchev–Trinajstić information content (AvgIpc) is 3.53. The van der Waals surface area contributed by atoms with E-state index in [0.29, 0.717) is 35.1 Å². The number of halogens is 1. The van der Waals surface area contributed by atoms with Crippen LogP contribution in [0.2, 0.25) is 5.02 Å². The van der Waals surface area contributed by atoms with E-state index in [9.17, 15) is 9.59 Å². The molecule has 2 aromatic carbocycles. The number of hydrogen-bond donors (Lipinski definition) is 1. The molecule has 5 rings (SSSR count). The lowest BCUT2D eigenvalue weighted by Gasteiger charge is -2.26. The van der Waals surface area contributed by atoms with Gasteiger partial charge in [-0.05, 0) is 49.1 Å². The normalized spacial score (nSPS) is 15.8. The number of rotatable bonds is 5. The van der Waals surface area contributed by atoms with Crippen LogP contribution in [0.15, 0.2) is 60.1 Å². The van der Waals surface area contributed by atoms with Crippen LogP contribution in [-0.2, 0) is 0 Å². The lowest BCUT2D eigenvalue weighted by atomic mass is 9.98. The summed E-state index contributed by atoms with van der Waals surface area (Å²) in [4.78, 5) is 33.6. The van der Waals surface area contributed by atoms with Gasteiger partial charge in [0.15, 0.2) is 4.96 Å². The van der Waals surface area contributed by atoms with Gasteiger partial charge in [-0.3, -0.25) is 14.0 Å². The maximum Gasteiger partial charge on any atom is 0.270 e. The lowest BCUT2D eigenvalue weighted by molar-refractivity contribution is 0.0725. The first-order chi connectivity index (χ1) is 16.0. The number of thiazole rings is 1. The Balaban J connectivity index is 1.34. The van der Waals surface area contributed by atoms with Crippen LogP contribution in [0.3, 0.4) is 0 Å². The van der Waals surface area contributed by atoms with E-state index < -0.39 is 0 Å². The molecule has 8 heteroatoms. The molecule has 168 valence electrons. The van der Waals surface area contributed by atoms with Gasteiger partial charge in [0, 0.05) is 41.3 Å². The van der Waals surface area contributed by atoms with E-state index in [1.54, 1.807) is 0 Å². The van der Waals surface area contributed by atoms with Crippen molar-refractivity contribution in [2.24, 2.45) is 0 Å². The van der Waals surface area contributed by atoms with Crippen molar-refractivity contribution in [3.63, 3.8) is 0 Å². The van der Waals surface area contributed by atoms with Gasteiger partial charge in [0.2, 0.25) is 0 Å². The molecule has 1 saturated heterocycles. The third-order valence-electron chi connectivity index (χ3n) is 6.10. The third-order valence-corrected chi connectivity index (χ3v) is 7.11. The number of likely N-dealkylation sites (tertiary alicyclic amines) is 1. The second-order valence-corrected chi connectivity index (χ2v) is 9.47. The number of aromatic nitrogens is 2. The fourth-order valence-corrected chi connectivity index (χ4v) is 5.37. The van der Waals surface area contributed by atoms with E-state index in [1.165, 1.54) is 11.3 Å². The number of nitrogens with zero attached hydrogens (tertiary/aromatic N) is 3. The first kappa shape index (κ1) is 21.7. The Morgan fingerprint density at radius 1 is 1.18 bits per heavy atom. The number of carbonyl (C=O) groups is 2. The van der Waals surface area contributed by atoms with Crippen molar-refractivity contribution in [3.05, 3.63) is 82.1 Å². The minimum atomic E-state index is -0.167. The average molecular weight is 479 g/mol. The number of nitrogens with one attached hydrogen (secondary N) is 1. The number of imidazole rings is 1. The molecule has 33 heavy (non-hydrogen) atoms. The highest BCUT2D eigenvalue weighted by Gasteiger charge is 2.31. The molecule has 1 aliphatic heterocycles. The van der Waals surface area contributed by atoms with Crippen molar-refractivity contribution in [2.75, 3.05) is 13.1 Å². The summed E-state index contributed by atoms with van der Waals surface area (Å²) in [7, 11) is 0. The minimum absolute atomic E-state index is 0.0157. The maximum absolute atomic E-state index is 13.6. The molecule has 1 aliphatic rings. The topological polar surface area (TPSA) is 66.7 Å². The number of carbonyl (C=O) groups excluding carboxylic acids is 2. The fourth-order valence-electron chi connectivity index (χ4n) is 4.48. The third kappa shape index (κ3) is 4.14. The van der Waals surface area contributed by atoms with Crippen molar-refractivity contribution in [1.29, 1.82) is 0 Å². The largest absolute Gasteiger partial charge is 0.349 e. The predicted octanol–water partition coefficient (Wildman–Crippen LogP) is 5.06. The first-order valence-corrected chi connectivity index (χ1v) is 12.1. The second kappa shape index (κ2) is 9.00. The summed E-state index contributed by atoms with van der Waals surface area (Å²) >= 11 is 7.54. The van der Waals surface area contributed by atoms with Crippen molar-refractivity contribution < 1.29 is 9.59 Å². The smallest absolute Gasteiger partial charge is 0.270 e. The van der Waals surface area contributed by atoms with Crippen molar-refractivity contribution >= 4 is 39.7 Å². The number of amides is 2. The Labute approximate surface area is 200 Å². The zero-order chi connectivity index (χ0) is 22.9. The Morgan fingerprint density at radius 3 is 2.79 bits per heavy atom. The first-order valence-electron chi connectivity index (χ1n) is 10.9. The van der Waals surface area contributed by atoms with Crippen LogP contribution >= 0.6 is 22.9 Å². The summed E-state index contributed by atoms with van der Waals surface area (Å²) in [5, 5.41) is 5.60. The number of hydrogen-bond acceptors (Lipinski definition) is 4. The minimum Gasteiger partial charge on any atom is -0.349 e. The number of benzene rings is 2. The summed E-state index contributed by atoms with van der Waals surface area (Å²) in [6, 6.07) is 15.1. The summed E-state index contributed by atoms with van der Waals surface area (Å²) in [5.41, 5.74) is 3.74. The Kier molecular flexibility index (Phi) is 5.91. The zero-order valence-electron chi connectivity index (χ0n) is 18.1. The van der Waals surface area contributed by atoms with Crippen molar-refractivity contribution in [1.82, 2.24) is 19.6 Å². The van der Waals surface area contributed by atoms with Gasteiger partial charge in [-0.15, -0.1) is 11.3 Å². The molecule has 0 bridgehead atoms. The van der Waals surface area contributed by atoms with Crippen LogP contribution in [0.4, 0.5) is 0 Å². The van der Waals surface area contributed by atoms with Crippen LogP contribution < -0.4 is 5.32 Å². The van der Waals surface area contributed by atoms with E-state index in [4.69, 9.17) is 11.6 Å². The fraction of sp³-hybridized carbons (Fsp3) is 0.240. The van der Waals surface area contributed by atoms with Crippen molar-refractivity contribution in [2.45, 2.75) is 25.8 Å². The molecule has 1 atom stereocenters. The van der Waals surface area contributed by atoms with Crippen LogP contribution in [0.5, 0.6) is 0 Å². The van der Waals surface area contributed by atoms with Gasteiger partial charge in [-0.1, -0.05) is 41.9 Å². The van der Waals surface area contributed by atoms with Crippen molar-refractivity contribution in [3.8, 4) is 11.1 Å². The maximum atomic E-state index is 13.6. The molecule has 0 spiro atoms. The SMILES string of the molecule is Cc1nc2sccn2c1C(=O)NC[C@@H]1CCCN1C(=O)c1ccccc1-c1ccc(Cl)cc1. The molecule has 3 heterocycles. The molecular formula is C25H23ClN4O2S. The molecule has 0 unspecified atom stereocenters. The van der Waals surface area contributed by atoms with Gasteiger partial charge in [0.05, 0.1) is 5.69 Å². The van der Waals surface area contributed by atoms with Gasteiger partial charge in [-0.25, -0.2) is 4.98 Å².